The van der Waals surface area contributed by atoms with Crippen molar-refractivity contribution in [3.8, 4) is 0 Å². The average molecular weight is 361 g/mol. The van der Waals surface area contributed by atoms with Crippen LogP contribution in [-0.4, -0.2) is 60.2 Å². The zero-order valence-corrected chi connectivity index (χ0v) is 16.2. The Morgan fingerprint density at radius 2 is 2.08 bits per heavy atom. The van der Waals surface area contributed by atoms with Crippen LogP contribution in [0.5, 0.6) is 0 Å². The highest BCUT2D eigenvalue weighted by molar-refractivity contribution is 5.81. The molecule has 2 atom stereocenters. The molecule has 2 bridgehead atoms. The number of hydrogen-bond donors (Lipinski definition) is 1. The van der Waals surface area contributed by atoms with Crippen LogP contribution in [0.3, 0.4) is 0 Å². The molecule has 144 valence electrons. The van der Waals surface area contributed by atoms with Crippen LogP contribution >= 0.6 is 0 Å². The van der Waals surface area contributed by atoms with Crippen LogP contribution < -0.4 is 10.6 Å². The average Bonchev–Trinajstić information content (AvgIpc) is 2.90. The number of rotatable bonds is 7. The fourth-order valence-corrected chi connectivity index (χ4v) is 4.21. The standard InChI is InChI=1S/C19H31N5O2/c1-4-5-6-16-13(2)21-19(20)22-17(16)23-11-14-7-8-15(12-23)24(18(14)25)9-10-26-3/h14-15H,4-12H2,1-3H3,(H2,20,21,22)/t14-,15+/m0/s1. The molecule has 3 aliphatic rings. The van der Waals surface area contributed by atoms with Gasteiger partial charge in [0.2, 0.25) is 11.9 Å². The first-order valence-electron chi connectivity index (χ1n) is 9.72. The molecule has 7 heteroatoms. The molecule has 0 aliphatic carbocycles. The quantitative estimate of drug-likeness (QED) is 0.797. The molecule has 4 heterocycles. The Morgan fingerprint density at radius 1 is 1.27 bits per heavy atom. The van der Waals surface area contributed by atoms with E-state index in [4.69, 9.17) is 10.5 Å². The molecule has 26 heavy (non-hydrogen) atoms. The summed E-state index contributed by atoms with van der Waals surface area (Å²) in [5.74, 6) is 1.54. The maximum Gasteiger partial charge on any atom is 0.227 e. The van der Waals surface area contributed by atoms with Crippen LogP contribution in [0.25, 0.3) is 0 Å². The van der Waals surface area contributed by atoms with Crippen molar-refractivity contribution in [1.82, 2.24) is 14.9 Å². The number of fused-ring (bicyclic) bond motifs is 4. The topological polar surface area (TPSA) is 84.6 Å². The maximum absolute atomic E-state index is 12.9. The van der Waals surface area contributed by atoms with E-state index in [1.807, 2.05) is 11.8 Å². The zero-order valence-electron chi connectivity index (χ0n) is 16.2. The summed E-state index contributed by atoms with van der Waals surface area (Å²) < 4.78 is 5.20. The number of amides is 1. The Labute approximate surface area is 155 Å². The van der Waals surface area contributed by atoms with Crippen molar-refractivity contribution in [3.05, 3.63) is 11.3 Å². The Hall–Kier alpha value is -1.89. The number of nitrogens with two attached hydrogens (primary N) is 1. The van der Waals surface area contributed by atoms with Gasteiger partial charge in [-0.2, -0.15) is 4.98 Å². The van der Waals surface area contributed by atoms with Gasteiger partial charge in [0.1, 0.15) is 5.82 Å². The van der Waals surface area contributed by atoms with Gasteiger partial charge in [0.05, 0.1) is 12.5 Å². The Balaban J connectivity index is 1.90. The first-order chi connectivity index (χ1) is 12.5. The van der Waals surface area contributed by atoms with Crippen LogP contribution in [0.15, 0.2) is 0 Å². The predicted octanol–water partition coefficient (Wildman–Crippen LogP) is 1.78. The van der Waals surface area contributed by atoms with Gasteiger partial charge in [-0.05, 0) is 32.6 Å². The second-order valence-corrected chi connectivity index (χ2v) is 7.43. The third-order valence-corrected chi connectivity index (χ3v) is 5.62. The Morgan fingerprint density at radius 3 is 2.81 bits per heavy atom. The number of nitrogen functional groups attached to an aromatic ring is 1. The molecule has 4 rings (SSSR count). The number of nitrogens with zero attached hydrogens (tertiary/aromatic N) is 4. The monoisotopic (exact) mass is 361 g/mol. The number of aromatic nitrogens is 2. The van der Waals surface area contributed by atoms with Gasteiger partial charge in [0, 0.05) is 44.0 Å². The normalized spacial score (nSPS) is 22.8. The van der Waals surface area contributed by atoms with Gasteiger partial charge in [0.25, 0.3) is 0 Å². The number of ether oxygens (including phenoxy) is 1. The van der Waals surface area contributed by atoms with E-state index in [1.54, 1.807) is 7.11 Å². The smallest absolute Gasteiger partial charge is 0.227 e. The first kappa shape index (κ1) is 18.9. The Bertz CT molecular complexity index is 651. The van der Waals surface area contributed by atoms with Crippen molar-refractivity contribution in [2.75, 3.05) is 44.0 Å². The predicted molar refractivity (Wildman–Crippen MR) is 102 cm³/mol. The number of hydrogen-bond acceptors (Lipinski definition) is 6. The van der Waals surface area contributed by atoms with Gasteiger partial charge in [-0.1, -0.05) is 13.3 Å². The number of aryl methyl sites for hydroxylation is 1. The number of methoxy groups -OCH3 is 1. The SMILES string of the molecule is CCCCc1c(C)nc(N)nc1N1C[C@@H]2CC[C@H](C1)N(CCOC)C2=O. The third kappa shape index (κ3) is 3.77. The lowest BCUT2D eigenvalue weighted by atomic mass is 9.94. The van der Waals surface area contributed by atoms with Crippen molar-refractivity contribution in [3.63, 3.8) is 0 Å². The molecule has 1 amide bonds. The van der Waals surface area contributed by atoms with E-state index in [1.165, 1.54) is 5.56 Å². The lowest BCUT2D eigenvalue weighted by Gasteiger charge is -2.35. The molecule has 3 fully saturated rings. The number of carbonyl (C=O) groups excluding carboxylic acids is 1. The molecular weight excluding hydrogens is 330 g/mol. The van der Waals surface area contributed by atoms with Crippen LogP contribution in [0.2, 0.25) is 0 Å². The summed E-state index contributed by atoms with van der Waals surface area (Å²) in [5, 5.41) is 0. The molecule has 0 radical (unpaired) electrons. The minimum Gasteiger partial charge on any atom is -0.383 e. The van der Waals surface area contributed by atoms with E-state index < -0.39 is 0 Å². The summed E-state index contributed by atoms with van der Waals surface area (Å²) in [4.78, 5) is 26.1. The second-order valence-electron chi connectivity index (χ2n) is 7.43. The van der Waals surface area contributed by atoms with E-state index in [-0.39, 0.29) is 17.9 Å². The minimum atomic E-state index is 0.0288. The van der Waals surface area contributed by atoms with Crippen molar-refractivity contribution < 1.29 is 9.53 Å². The lowest BCUT2D eigenvalue weighted by Crippen LogP contribution is -2.49. The van der Waals surface area contributed by atoms with Crippen molar-refractivity contribution in [1.29, 1.82) is 0 Å². The zero-order chi connectivity index (χ0) is 18.7. The highest BCUT2D eigenvalue weighted by atomic mass is 16.5. The summed E-state index contributed by atoms with van der Waals surface area (Å²) in [5.41, 5.74) is 8.10. The lowest BCUT2D eigenvalue weighted by molar-refractivity contribution is -0.140. The van der Waals surface area contributed by atoms with E-state index >= 15 is 0 Å². The first-order valence-corrected chi connectivity index (χ1v) is 9.72. The van der Waals surface area contributed by atoms with Gasteiger partial charge in [-0.15, -0.1) is 0 Å². The summed E-state index contributed by atoms with van der Waals surface area (Å²) in [7, 11) is 1.68. The van der Waals surface area contributed by atoms with Crippen LogP contribution in [0, 0.1) is 12.8 Å². The van der Waals surface area contributed by atoms with Gasteiger partial charge in [-0.25, -0.2) is 4.98 Å². The van der Waals surface area contributed by atoms with Gasteiger partial charge in [0.15, 0.2) is 0 Å². The van der Waals surface area contributed by atoms with E-state index in [2.05, 4.69) is 21.8 Å². The summed E-state index contributed by atoms with van der Waals surface area (Å²) in [6, 6.07) is 0.215. The largest absolute Gasteiger partial charge is 0.383 e. The molecule has 1 aromatic heterocycles. The molecule has 0 unspecified atom stereocenters. The number of unbranched alkanes of at least 4 members (excludes halogenated alkanes) is 1. The summed E-state index contributed by atoms with van der Waals surface area (Å²) in [6.07, 6.45) is 5.16. The highest BCUT2D eigenvalue weighted by Gasteiger charge is 2.41. The second kappa shape index (κ2) is 8.20. The van der Waals surface area contributed by atoms with Crippen LogP contribution in [0.1, 0.15) is 43.9 Å². The van der Waals surface area contributed by atoms with Crippen molar-refractivity contribution >= 4 is 17.7 Å². The number of carbonyl (C=O) groups is 1. The minimum absolute atomic E-state index is 0.0288. The molecule has 2 N–H and O–H groups in total. The number of anilines is 2. The van der Waals surface area contributed by atoms with Crippen molar-refractivity contribution in [2.45, 2.75) is 52.0 Å². The van der Waals surface area contributed by atoms with Gasteiger partial charge >= 0.3 is 0 Å². The molecule has 0 spiro atoms. The molecule has 7 nitrogen and oxygen atoms in total. The highest BCUT2D eigenvalue weighted by Crippen LogP contribution is 2.33. The van der Waals surface area contributed by atoms with E-state index in [9.17, 15) is 4.79 Å². The third-order valence-electron chi connectivity index (χ3n) is 5.62. The van der Waals surface area contributed by atoms with E-state index in [0.29, 0.717) is 25.6 Å². The van der Waals surface area contributed by atoms with Crippen LogP contribution in [-0.2, 0) is 16.0 Å². The van der Waals surface area contributed by atoms with E-state index in [0.717, 1.165) is 50.2 Å². The Kier molecular flexibility index (Phi) is 5.96. The molecule has 3 aliphatic heterocycles. The molecular formula is C19H31N5O2. The molecule has 0 saturated carbocycles. The summed E-state index contributed by atoms with van der Waals surface area (Å²) >= 11 is 0. The van der Waals surface area contributed by atoms with Crippen LogP contribution in [0.4, 0.5) is 11.8 Å². The molecule has 1 aromatic rings. The summed E-state index contributed by atoms with van der Waals surface area (Å²) in [6.45, 7) is 6.96. The number of piperidine rings is 1. The maximum atomic E-state index is 12.9. The fourth-order valence-electron chi connectivity index (χ4n) is 4.21. The van der Waals surface area contributed by atoms with Crippen molar-refractivity contribution in [2.24, 2.45) is 5.92 Å². The van der Waals surface area contributed by atoms with Gasteiger partial charge in [-0.3, -0.25) is 4.79 Å². The molecule has 3 saturated heterocycles. The van der Waals surface area contributed by atoms with Gasteiger partial charge < -0.3 is 20.3 Å². The molecule has 0 aromatic carbocycles. The fraction of sp³-hybridized carbons (Fsp3) is 0.737.